The van der Waals surface area contributed by atoms with Gasteiger partial charge in [-0.2, -0.15) is 0 Å². The molecule has 1 fully saturated rings. The Kier molecular flexibility index (Phi) is 5.35. The van der Waals surface area contributed by atoms with Crippen LogP contribution < -0.4 is 10.1 Å². The molecule has 1 aliphatic rings. The lowest BCUT2D eigenvalue weighted by molar-refractivity contribution is -0.142. The van der Waals surface area contributed by atoms with Crippen LogP contribution in [0.25, 0.3) is 0 Å². The van der Waals surface area contributed by atoms with E-state index in [1.807, 2.05) is 6.92 Å². The molecule has 0 unspecified atom stereocenters. The molecule has 2 atom stereocenters. The van der Waals surface area contributed by atoms with Crippen molar-refractivity contribution >= 4 is 11.9 Å². The molecule has 22 heavy (non-hydrogen) atoms. The summed E-state index contributed by atoms with van der Waals surface area (Å²) in [4.78, 5) is 28.1. The van der Waals surface area contributed by atoms with Gasteiger partial charge in [-0.05, 0) is 31.9 Å². The molecule has 2 rings (SSSR count). The third-order valence-corrected chi connectivity index (χ3v) is 4.09. The van der Waals surface area contributed by atoms with Crippen LogP contribution in [0.4, 0.5) is 0 Å². The number of methoxy groups -OCH3 is 1. The summed E-state index contributed by atoms with van der Waals surface area (Å²) in [5.74, 6) is -1.45. The smallest absolute Gasteiger partial charge is 0.308 e. The van der Waals surface area contributed by atoms with Gasteiger partial charge in [-0.15, -0.1) is 0 Å². The van der Waals surface area contributed by atoms with E-state index >= 15 is 0 Å². The van der Waals surface area contributed by atoms with E-state index in [0.717, 1.165) is 25.0 Å². The molecule has 120 valence electrons. The maximum atomic E-state index is 12.5. The SMILES string of the molecule is COc1nc(C)ccc1C(=O)N[C@H]1CCCCC[C@H]1C(=O)O. The zero-order valence-electron chi connectivity index (χ0n) is 13.0. The molecule has 6 heteroatoms. The van der Waals surface area contributed by atoms with Gasteiger partial charge in [-0.1, -0.05) is 19.3 Å². The molecule has 1 heterocycles. The maximum absolute atomic E-state index is 12.5. The molecule has 2 N–H and O–H groups in total. The fraction of sp³-hybridized carbons (Fsp3) is 0.562. The minimum absolute atomic E-state index is 0.262. The average Bonchev–Trinajstić information content (AvgIpc) is 2.72. The number of carbonyl (C=O) groups excluding carboxylic acids is 1. The highest BCUT2D eigenvalue weighted by Gasteiger charge is 2.31. The number of hydrogen-bond acceptors (Lipinski definition) is 4. The molecule has 0 spiro atoms. The molecule has 0 saturated heterocycles. The molecule has 6 nitrogen and oxygen atoms in total. The van der Waals surface area contributed by atoms with Crippen LogP contribution in [0.1, 0.15) is 48.2 Å². The summed E-state index contributed by atoms with van der Waals surface area (Å²) in [6, 6.07) is 3.04. The number of nitrogens with one attached hydrogen (secondary N) is 1. The second-order valence-corrected chi connectivity index (χ2v) is 5.67. The first-order valence-electron chi connectivity index (χ1n) is 7.58. The molecule has 1 aromatic rings. The van der Waals surface area contributed by atoms with Crippen molar-refractivity contribution in [1.29, 1.82) is 0 Å². The third kappa shape index (κ3) is 3.75. The summed E-state index contributed by atoms with van der Waals surface area (Å²) in [6.45, 7) is 1.82. The van der Waals surface area contributed by atoms with Crippen molar-refractivity contribution in [1.82, 2.24) is 10.3 Å². The summed E-state index contributed by atoms with van der Waals surface area (Å²) in [6.07, 6.45) is 4.11. The Bertz CT molecular complexity index is 559. The number of aryl methyl sites for hydroxylation is 1. The molecule has 0 aliphatic heterocycles. The maximum Gasteiger partial charge on any atom is 0.308 e. The van der Waals surface area contributed by atoms with Crippen LogP contribution in [0.15, 0.2) is 12.1 Å². The quantitative estimate of drug-likeness (QED) is 0.832. The van der Waals surface area contributed by atoms with E-state index in [1.165, 1.54) is 7.11 Å². The van der Waals surface area contributed by atoms with Crippen molar-refractivity contribution in [2.75, 3.05) is 7.11 Å². The number of rotatable bonds is 4. The molecule has 0 bridgehead atoms. The van der Waals surface area contributed by atoms with Crippen molar-refractivity contribution in [3.63, 3.8) is 0 Å². The molecule has 1 amide bonds. The lowest BCUT2D eigenvalue weighted by atomic mass is 9.94. The number of hydrogen-bond donors (Lipinski definition) is 2. The van der Waals surface area contributed by atoms with Gasteiger partial charge < -0.3 is 15.2 Å². The fourth-order valence-corrected chi connectivity index (χ4v) is 2.88. The van der Waals surface area contributed by atoms with E-state index in [9.17, 15) is 14.7 Å². The Hall–Kier alpha value is -2.11. The summed E-state index contributed by atoms with van der Waals surface area (Å²) in [5, 5.41) is 12.2. The molecular formula is C16H22N2O4. The molecule has 1 aliphatic carbocycles. The van der Waals surface area contributed by atoms with Gasteiger partial charge in [0, 0.05) is 11.7 Å². The monoisotopic (exact) mass is 306 g/mol. The molecular weight excluding hydrogens is 284 g/mol. The van der Waals surface area contributed by atoms with Crippen molar-refractivity contribution in [2.24, 2.45) is 5.92 Å². The largest absolute Gasteiger partial charge is 0.481 e. The number of carboxylic acids is 1. The van der Waals surface area contributed by atoms with Gasteiger partial charge in [0.1, 0.15) is 5.56 Å². The molecule has 1 saturated carbocycles. The predicted octanol–water partition coefficient (Wildman–Crippen LogP) is 2.16. The first-order chi connectivity index (χ1) is 10.5. The zero-order valence-corrected chi connectivity index (χ0v) is 13.0. The summed E-state index contributed by atoms with van der Waals surface area (Å²) < 4.78 is 5.15. The van der Waals surface area contributed by atoms with Crippen LogP contribution in [0.5, 0.6) is 5.88 Å². The summed E-state index contributed by atoms with van der Waals surface area (Å²) >= 11 is 0. The second-order valence-electron chi connectivity index (χ2n) is 5.67. The first kappa shape index (κ1) is 16.3. The van der Waals surface area contributed by atoms with E-state index in [-0.39, 0.29) is 17.8 Å². The van der Waals surface area contributed by atoms with Gasteiger partial charge in [-0.3, -0.25) is 9.59 Å². The number of carbonyl (C=O) groups is 2. The van der Waals surface area contributed by atoms with Gasteiger partial charge in [0.2, 0.25) is 5.88 Å². The van der Waals surface area contributed by atoms with E-state index in [1.54, 1.807) is 12.1 Å². The topological polar surface area (TPSA) is 88.5 Å². The predicted molar refractivity (Wildman–Crippen MR) is 81.0 cm³/mol. The Morgan fingerprint density at radius 2 is 2.00 bits per heavy atom. The number of aromatic nitrogens is 1. The highest BCUT2D eigenvalue weighted by atomic mass is 16.5. The van der Waals surface area contributed by atoms with Crippen LogP contribution in [0.2, 0.25) is 0 Å². The fourth-order valence-electron chi connectivity index (χ4n) is 2.88. The first-order valence-corrected chi connectivity index (χ1v) is 7.58. The van der Waals surface area contributed by atoms with E-state index < -0.39 is 11.9 Å². The Morgan fingerprint density at radius 1 is 1.27 bits per heavy atom. The lowest BCUT2D eigenvalue weighted by Gasteiger charge is -2.23. The summed E-state index contributed by atoms with van der Waals surface area (Å²) in [7, 11) is 1.46. The second kappa shape index (κ2) is 7.24. The number of amides is 1. The van der Waals surface area contributed by atoms with Crippen LogP contribution in [-0.4, -0.2) is 35.1 Å². The highest BCUT2D eigenvalue weighted by molar-refractivity contribution is 5.96. The van der Waals surface area contributed by atoms with Crippen molar-refractivity contribution in [3.05, 3.63) is 23.4 Å². The Balaban J connectivity index is 2.17. The van der Waals surface area contributed by atoms with Gasteiger partial charge >= 0.3 is 5.97 Å². The number of nitrogens with zero attached hydrogens (tertiary/aromatic N) is 1. The zero-order chi connectivity index (χ0) is 16.1. The van der Waals surface area contributed by atoms with Crippen LogP contribution >= 0.6 is 0 Å². The Morgan fingerprint density at radius 3 is 2.68 bits per heavy atom. The summed E-state index contributed by atoms with van der Waals surface area (Å²) in [5.41, 5.74) is 1.09. The lowest BCUT2D eigenvalue weighted by Crippen LogP contribution is -2.43. The average molecular weight is 306 g/mol. The van der Waals surface area contributed by atoms with Crippen LogP contribution in [0.3, 0.4) is 0 Å². The van der Waals surface area contributed by atoms with Gasteiger partial charge in [-0.25, -0.2) is 4.98 Å². The van der Waals surface area contributed by atoms with Crippen molar-refractivity contribution < 1.29 is 19.4 Å². The molecule has 0 aromatic carbocycles. The third-order valence-electron chi connectivity index (χ3n) is 4.09. The van der Waals surface area contributed by atoms with Crippen LogP contribution in [-0.2, 0) is 4.79 Å². The number of pyridine rings is 1. The van der Waals surface area contributed by atoms with E-state index in [0.29, 0.717) is 18.4 Å². The molecule has 0 radical (unpaired) electrons. The minimum atomic E-state index is -0.846. The highest BCUT2D eigenvalue weighted by Crippen LogP contribution is 2.25. The Labute approximate surface area is 129 Å². The van der Waals surface area contributed by atoms with Gasteiger partial charge in [0.25, 0.3) is 5.91 Å². The van der Waals surface area contributed by atoms with E-state index in [4.69, 9.17) is 4.74 Å². The van der Waals surface area contributed by atoms with Crippen LogP contribution in [0, 0.1) is 12.8 Å². The standard InChI is InChI=1S/C16H22N2O4/c1-10-8-9-12(15(17-10)22-2)14(19)18-13-7-5-3-4-6-11(13)16(20)21/h8-9,11,13H,3-7H2,1-2H3,(H,18,19)(H,20,21)/t11-,13+/m1/s1. The number of ether oxygens (including phenoxy) is 1. The van der Waals surface area contributed by atoms with Crippen molar-refractivity contribution in [3.8, 4) is 5.88 Å². The van der Waals surface area contributed by atoms with Gasteiger partial charge in [0.05, 0.1) is 13.0 Å². The molecule has 1 aromatic heterocycles. The van der Waals surface area contributed by atoms with E-state index in [2.05, 4.69) is 10.3 Å². The normalized spacial score (nSPS) is 21.7. The van der Waals surface area contributed by atoms with Crippen molar-refractivity contribution in [2.45, 2.75) is 45.1 Å². The number of carboxylic acid groups (broad SMARTS) is 1. The number of aliphatic carboxylic acids is 1. The minimum Gasteiger partial charge on any atom is -0.481 e. The van der Waals surface area contributed by atoms with Gasteiger partial charge in [0.15, 0.2) is 0 Å².